The normalized spacial score (nSPS) is 10.3. The zero-order valence-corrected chi connectivity index (χ0v) is 12.3. The second kappa shape index (κ2) is 6.57. The van der Waals surface area contributed by atoms with E-state index < -0.39 is 0 Å². The van der Waals surface area contributed by atoms with Crippen LogP contribution >= 0.6 is 11.8 Å². The van der Waals surface area contributed by atoms with Crippen molar-refractivity contribution in [1.82, 2.24) is 4.90 Å². The molecule has 0 fully saturated rings. The first-order valence-corrected chi connectivity index (χ1v) is 7.46. The first-order valence-electron chi connectivity index (χ1n) is 6.24. The number of carbonyl (C=O) groups is 1. The maximum Gasteiger partial charge on any atom is 0.253 e. The van der Waals surface area contributed by atoms with Crippen LogP contribution in [0, 0.1) is 5.82 Å². The molecule has 2 aromatic rings. The van der Waals surface area contributed by atoms with Crippen LogP contribution in [0.1, 0.15) is 15.9 Å². The lowest BCUT2D eigenvalue weighted by atomic mass is 10.1. The average molecular weight is 289 g/mol. The molecule has 0 spiro atoms. The molecule has 0 saturated heterocycles. The van der Waals surface area contributed by atoms with Crippen LogP contribution in [0.15, 0.2) is 53.4 Å². The van der Waals surface area contributed by atoms with Crippen LogP contribution in [0.2, 0.25) is 0 Å². The Labute approximate surface area is 122 Å². The summed E-state index contributed by atoms with van der Waals surface area (Å²) < 4.78 is 12.8. The van der Waals surface area contributed by atoms with E-state index in [1.54, 1.807) is 23.7 Å². The largest absolute Gasteiger partial charge is 0.337 e. The molecule has 0 atom stereocenters. The molecule has 2 rings (SSSR count). The second-order valence-corrected chi connectivity index (χ2v) is 5.40. The fourth-order valence-electron chi connectivity index (χ4n) is 1.89. The van der Waals surface area contributed by atoms with Crippen molar-refractivity contribution >= 4 is 17.7 Å². The van der Waals surface area contributed by atoms with Gasteiger partial charge in [-0.05, 0) is 48.2 Å². The number of hydrogen-bond donors (Lipinski definition) is 0. The van der Waals surface area contributed by atoms with Crippen molar-refractivity contribution in [2.24, 2.45) is 0 Å². The minimum Gasteiger partial charge on any atom is -0.337 e. The molecule has 0 unspecified atom stereocenters. The molecule has 0 heterocycles. The highest BCUT2D eigenvalue weighted by Crippen LogP contribution is 2.16. The van der Waals surface area contributed by atoms with Crippen molar-refractivity contribution in [1.29, 1.82) is 0 Å². The summed E-state index contributed by atoms with van der Waals surface area (Å²) in [7, 11) is 1.74. The van der Waals surface area contributed by atoms with Crippen LogP contribution in [-0.2, 0) is 6.54 Å². The van der Waals surface area contributed by atoms with E-state index in [1.165, 1.54) is 29.2 Å². The lowest BCUT2D eigenvalue weighted by Gasteiger charge is -2.17. The molecular formula is C16H16FNOS. The van der Waals surface area contributed by atoms with Crippen molar-refractivity contribution in [3.8, 4) is 0 Å². The van der Waals surface area contributed by atoms with Gasteiger partial charge < -0.3 is 4.90 Å². The van der Waals surface area contributed by atoms with Crippen LogP contribution in [-0.4, -0.2) is 24.1 Å². The molecule has 0 aliphatic rings. The Balaban J connectivity index is 2.04. The van der Waals surface area contributed by atoms with Gasteiger partial charge in [0, 0.05) is 24.1 Å². The Morgan fingerprint density at radius 2 is 1.70 bits per heavy atom. The standard InChI is InChI=1S/C16H16FNOS/c1-18(11-12-3-9-15(20-2)10-4-12)16(19)13-5-7-14(17)8-6-13/h3-10H,11H2,1-2H3. The molecule has 0 saturated carbocycles. The van der Waals surface area contributed by atoms with Gasteiger partial charge in [0.25, 0.3) is 5.91 Å². The van der Waals surface area contributed by atoms with Gasteiger partial charge in [0.2, 0.25) is 0 Å². The Morgan fingerprint density at radius 1 is 1.10 bits per heavy atom. The van der Waals surface area contributed by atoms with Crippen LogP contribution in [0.25, 0.3) is 0 Å². The second-order valence-electron chi connectivity index (χ2n) is 4.52. The quantitative estimate of drug-likeness (QED) is 0.798. The average Bonchev–Trinajstić information content (AvgIpc) is 2.48. The summed E-state index contributed by atoms with van der Waals surface area (Å²) in [6.07, 6.45) is 2.03. The van der Waals surface area contributed by atoms with Crippen LogP contribution < -0.4 is 0 Å². The van der Waals surface area contributed by atoms with E-state index in [0.717, 1.165) is 5.56 Å². The summed E-state index contributed by atoms with van der Waals surface area (Å²) in [5.74, 6) is -0.448. The van der Waals surface area contributed by atoms with Crippen LogP contribution in [0.3, 0.4) is 0 Å². The Hall–Kier alpha value is -1.81. The molecule has 0 aromatic heterocycles. The number of benzene rings is 2. The molecule has 0 aliphatic heterocycles. The molecule has 1 amide bonds. The van der Waals surface area contributed by atoms with Gasteiger partial charge in [0.15, 0.2) is 0 Å². The number of carbonyl (C=O) groups excluding carboxylic acids is 1. The van der Waals surface area contributed by atoms with Gasteiger partial charge in [-0.2, -0.15) is 0 Å². The number of rotatable bonds is 4. The van der Waals surface area contributed by atoms with E-state index >= 15 is 0 Å². The number of amides is 1. The van der Waals surface area contributed by atoms with Gasteiger partial charge in [-0.15, -0.1) is 11.8 Å². The predicted molar refractivity (Wildman–Crippen MR) is 80.4 cm³/mol. The topological polar surface area (TPSA) is 20.3 Å². The van der Waals surface area contributed by atoms with Gasteiger partial charge >= 0.3 is 0 Å². The van der Waals surface area contributed by atoms with E-state index in [0.29, 0.717) is 12.1 Å². The highest BCUT2D eigenvalue weighted by atomic mass is 32.2. The summed E-state index contributed by atoms with van der Waals surface area (Å²) >= 11 is 1.68. The fraction of sp³-hybridized carbons (Fsp3) is 0.188. The lowest BCUT2D eigenvalue weighted by molar-refractivity contribution is 0.0785. The summed E-state index contributed by atoms with van der Waals surface area (Å²) in [4.78, 5) is 15.0. The first-order chi connectivity index (χ1) is 9.60. The Morgan fingerprint density at radius 3 is 2.25 bits per heavy atom. The maximum atomic E-state index is 12.8. The molecular weight excluding hydrogens is 273 g/mol. The number of hydrogen-bond acceptors (Lipinski definition) is 2. The van der Waals surface area contributed by atoms with Crippen LogP contribution in [0.4, 0.5) is 4.39 Å². The molecule has 104 valence electrons. The number of thioether (sulfide) groups is 1. The highest BCUT2D eigenvalue weighted by molar-refractivity contribution is 7.98. The molecule has 4 heteroatoms. The fourth-order valence-corrected chi connectivity index (χ4v) is 2.30. The summed E-state index contributed by atoms with van der Waals surface area (Å²) in [5.41, 5.74) is 1.57. The molecule has 2 aromatic carbocycles. The highest BCUT2D eigenvalue weighted by Gasteiger charge is 2.11. The van der Waals surface area contributed by atoms with E-state index in [4.69, 9.17) is 0 Å². The molecule has 0 radical (unpaired) electrons. The van der Waals surface area contributed by atoms with Gasteiger partial charge in [-0.3, -0.25) is 4.79 Å². The minimum absolute atomic E-state index is 0.112. The van der Waals surface area contributed by atoms with Crippen molar-refractivity contribution in [2.75, 3.05) is 13.3 Å². The van der Waals surface area contributed by atoms with Crippen molar-refractivity contribution in [3.05, 3.63) is 65.5 Å². The third-order valence-electron chi connectivity index (χ3n) is 3.02. The third-order valence-corrected chi connectivity index (χ3v) is 3.76. The lowest BCUT2D eigenvalue weighted by Crippen LogP contribution is -2.26. The molecule has 0 bridgehead atoms. The Kier molecular flexibility index (Phi) is 4.79. The van der Waals surface area contributed by atoms with Gasteiger partial charge in [-0.1, -0.05) is 12.1 Å². The van der Waals surface area contributed by atoms with Gasteiger partial charge in [0.1, 0.15) is 5.82 Å². The van der Waals surface area contributed by atoms with E-state index in [2.05, 4.69) is 0 Å². The van der Waals surface area contributed by atoms with E-state index in [1.807, 2.05) is 30.5 Å². The minimum atomic E-state index is -0.336. The van der Waals surface area contributed by atoms with E-state index in [9.17, 15) is 9.18 Å². The van der Waals surface area contributed by atoms with E-state index in [-0.39, 0.29) is 11.7 Å². The van der Waals surface area contributed by atoms with Gasteiger partial charge in [-0.25, -0.2) is 4.39 Å². The maximum absolute atomic E-state index is 12.8. The smallest absolute Gasteiger partial charge is 0.253 e. The SMILES string of the molecule is CSc1ccc(CN(C)C(=O)c2ccc(F)cc2)cc1. The predicted octanol–water partition coefficient (Wildman–Crippen LogP) is 3.82. The van der Waals surface area contributed by atoms with Crippen molar-refractivity contribution in [2.45, 2.75) is 11.4 Å². The number of nitrogens with zero attached hydrogens (tertiary/aromatic N) is 1. The molecule has 0 N–H and O–H groups in total. The molecule has 2 nitrogen and oxygen atoms in total. The monoisotopic (exact) mass is 289 g/mol. The van der Waals surface area contributed by atoms with Gasteiger partial charge in [0.05, 0.1) is 0 Å². The zero-order valence-electron chi connectivity index (χ0n) is 11.5. The summed E-state index contributed by atoms with van der Waals surface area (Å²) in [5, 5.41) is 0. The van der Waals surface area contributed by atoms with Crippen LogP contribution in [0.5, 0.6) is 0 Å². The Bertz CT molecular complexity index is 580. The van der Waals surface area contributed by atoms with Crippen molar-refractivity contribution < 1.29 is 9.18 Å². The molecule has 0 aliphatic carbocycles. The zero-order chi connectivity index (χ0) is 14.5. The third kappa shape index (κ3) is 3.61. The summed E-state index contributed by atoms with van der Waals surface area (Å²) in [6, 6.07) is 13.7. The summed E-state index contributed by atoms with van der Waals surface area (Å²) in [6.45, 7) is 0.533. The first kappa shape index (κ1) is 14.6. The van der Waals surface area contributed by atoms with Crippen molar-refractivity contribution in [3.63, 3.8) is 0 Å². The molecule has 20 heavy (non-hydrogen) atoms. The number of halogens is 1.